The Morgan fingerprint density at radius 3 is 2.73 bits per heavy atom. The van der Waals surface area contributed by atoms with E-state index >= 15 is 0 Å². The van der Waals surface area contributed by atoms with Crippen LogP contribution in [0.4, 0.5) is 8.78 Å². The standard InChI is InChI=1S/C18H16F2N2O3S/c1-11-14(22-17(24-11)15-3-2-8-26-15)9-16(23)21-10-12-4-6-13(7-5-12)25-18(19)20/h2-8,18H,9-10H2,1H3,(H,21,23). The molecule has 0 saturated carbocycles. The van der Waals surface area contributed by atoms with Crippen molar-refractivity contribution in [2.24, 2.45) is 0 Å². The fraction of sp³-hybridized carbons (Fsp3) is 0.222. The van der Waals surface area contributed by atoms with Crippen molar-refractivity contribution in [3.8, 4) is 16.5 Å². The van der Waals surface area contributed by atoms with Gasteiger partial charge in [-0.2, -0.15) is 8.78 Å². The fourth-order valence-electron chi connectivity index (χ4n) is 2.30. The van der Waals surface area contributed by atoms with E-state index < -0.39 is 6.61 Å². The monoisotopic (exact) mass is 378 g/mol. The van der Waals surface area contributed by atoms with Gasteiger partial charge in [0.1, 0.15) is 11.5 Å². The lowest BCUT2D eigenvalue weighted by molar-refractivity contribution is -0.120. The normalized spacial score (nSPS) is 10.9. The van der Waals surface area contributed by atoms with Gasteiger partial charge < -0.3 is 14.5 Å². The predicted octanol–water partition coefficient (Wildman–Crippen LogP) is 4.17. The molecule has 1 amide bonds. The molecule has 8 heteroatoms. The maximum absolute atomic E-state index is 12.1. The smallest absolute Gasteiger partial charge is 0.387 e. The minimum Gasteiger partial charge on any atom is -0.440 e. The minimum atomic E-state index is -2.86. The average Bonchev–Trinajstić information content (AvgIpc) is 3.24. The Morgan fingerprint density at radius 2 is 2.08 bits per heavy atom. The molecule has 0 fully saturated rings. The van der Waals surface area contributed by atoms with Gasteiger partial charge in [-0.25, -0.2) is 4.98 Å². The summed E-state index contributed by atoms with van der Waals surface area (Å²) in [6.45, 7) is -0.804. The third kappa shape index (κ3) is 4.66. The van der Waals surface area contributed by atoms with Crippen molar-refractivity contribution in [1.29, 1.82) is 0 Å². The van der Waals surface area contributed by atoms with E-state index in [9.17, 15) is 13.6 Å². The van der Waals surface area contributed by atoms with E-state index in [0.717, 1.165) is 10.4 Å². The van der Waals surface area contributed by atoms with Crippen molar-refractivity contribution in [2.75, 3.05) is 0 Å². The first-order chi connectivity index (χ1) is 12.5. The summed E-state index contributed by atoms with van der Waals surface area (Å²) in [4.78, 5) is 17.4. The quantitative estimate of drug-likeness (QED) is 0.670. The van der Waals surface area contributed by atoms with E-state index in [2.05, 4.69) is 15.0 Å². The number of alkyl halides is 2. The molecule has 3 rings (SSSR count). The molecule has 136 valence electrons. The van der Waals surface area contributed by atoms with Crippen LogP contribution in [0.2, 0.25) is 0 Å². The second-order valence-corrected chi connectivity index (χ2v) is 6.42. The number of carbonyl (C=O) groups excluding carboxylic acids is 1. The maximum Gasteiger partial charge on any atom is 0.387 e. The number of nitrogens with one attached hydrogen (secondary N) is 1. The molecule has 1 N–H and O–H groups in total. The second-order valence-electron chi connectivity index (χ2n) is 5.48. The van der Waals surface area contributed by atoms with Gasteiger partial charge in [-0.15, -0.1) is 11.3 Å². The van der Waals surface area contributed by atoms with E-state index in [1.54, 1.807) is 19.1 Å². The van der Waals surface area contributed by atoms with E-state index in [4.69, 9.17) is 4.42 Å². The zero-order valence-electron chi connectivity index (χ0n) is 13.9. The Balaban J connectivity index is 1.54. The molecule has 1 aromatic carbocycles. The summed E-state index contributed by atoms with van der Waals surface area (Å²) in [7, 11) is 0. The Kier molecular flexibility index (Phi) is 5.62. The van der Waals surface area contributed by atoms with Gasteiger partial charge in [0.2, 0.25) is 11.8 Å². The molecule has 0 radical (unpaired) electrons. The first kappa shape index (κ1) is 18.1. The summed E-state index contributed by atoms with van der Waals surface area (Å²) in [5, 5.41) is 4.70. The number of rotatable bonds is 7. The zero-order chi connectivity index (χ0) is 18.5. The van der Waals surface area contributed by atoms with Crippen molar-refractivity contribution >= 4 is 17.2 Å². The number of ether oxygens (including phenoxy) is 1. The topological polar surface area (TPSA) is 64.4 Å². The van der Waals surface area contributed by atoms with Crippen LogP contribution < -0.4 is 10.1 Å². The molecule has 2 heterocycles. The van der Waals surface area contributed by atoms with Gasteiger partial charge in [0.15, 0.2) is 0 Å². The number of halogens is 2. The van der Waals surface area contributed by atoms with Crippen molar-refractivity contribution < 1.29 is 22.7 Å². The summed E-state index contributed by atoms with van der Waals surface area (Å²) in [5.41, 5.74) is 1.36. The SMILES string of the molecule is Cc1oc(-c2cccs2)nc1CC(=O)NCc1ccc(OC(F)F)cc1. The Hall–Kier alpha value is -2.74. The number of oxazole rings is 1. The molecule has 0 unspecified atom stereocenters. The largest absolute Gasteiger partial charge is 0.440 e. The maximum atomic E-state index is 12.1. The van der Waals surface area contributed by atoms with Crippen molar-refractivity contribution in [2.45, 2.75) is 26.5 Å². The number of thiophene rings is 1. The van der Waals surface area contributed by atoms with Gasteiger partial charge >= 0.3 is 6.61 Å². The first-order valence-electron chi connectivity index (χ1n) is 7.82. The number of carbonyl (C=O) groups is 1. The van der Waals surface area contributed by atoms with Gasteiger partial charge in [0, 0.05) is 6.54 Å². The Bertz CT molecular complexity index is 861. The van der Waals surface area contributed by atoms with Crippen LogP contribution in [0.15, 0.2) is 46.2 Å². The van der Waals surface area contributed by atoms with Crippen molar-refractivity contribution in [3.63, 3.8) is 0 Å². The third-order valence-electron chi connectivity index (χ3n) is 3.59. The molecule has 5 nitrogen and oxygen atoms in total. The van der Waals surface area contributed by atoms with Crippen LogP contribution in [0.25, 0.3) is 10.8 Å². The van der Waals surface area contributed by atoms with E-state index in [1.165, 1.54) is 23.5 Å². The number of hydrogen-bond donors (Lipinski definition) is 1. The van der Waals surface area contributed by atoms with Crippen LogP contribution in [-0.4, -0.2) is 17.5 Å². The van der Waals surface area contributed by atoms with Gasteiger partial charge in [-0.05, 0) is 36.1 Å². The molecule has 0 spiro atoms. The van der Waals surface area contributed by atoms with E-state index in [-0.39, 0.29) is 24.6 Å². The van der Waals surface area contributed by atoms with E-state index in [1.807, 2.05) is 17.5 Å². The molecular formula is C18H16F2N2O3S. The summed E-state index contributed by atoms with van der Waals surface area (Å²) >= 11 is 1.52. The highest BCUT2D eigenvalue weighted by molar-refractivity contribution is 7.13. The molecule has 0 aliphatic heterocycles. The highest BCUT2D eigenvalue weighted by Gasteiger charge is 2.15. The molecule has 0 bridgehead atoms. The molecule has 0 saturated heterocycles. The van der Waals surface area contributed by atoms with Crippen LogP contribution in [0.3, 0.4) is 0 Å². The fourth-order valence-corrected chi connectivity index (χ4v) is 2.95. The number of aryl methyl sites for hydroxylation is 1. The molecule has 26 heavy (non-hydrogen) atoms. The molecule has 0 aliphatic rings. The molecule has 2 aromatic heterocycles. The number of hydrogen-bond acceptors (Lipinski definition) is 5. The van der Waals surface area contributed by atoms with Crippen LogP contribution in [-0.2, 0) is 17.8 Å². The molecule has 0 aliphatic carbocycles. The highest BCUT2D eigenvalue weighted by Crippen LogP contribution is 2.26. The lowest BCUT2D eigenvalue weighted by atomic mass is 10.2. The number of nitrogens with zero attached hydrogens (tertiary/aromatic N) is 1. The summed E-state index contributed by atoms with van der Waals surface area (Å²) in [5.74, 6) is 0.994. The van der Waals surface area contributed by atoms with Crippen LogP contribution in [0.1, 0.15) is 17.0 Å². The Morgan fingerprint density at radius 1 is 1.31 bits per heavy atom. The lowest BCUT2D eigenvalue weighted by Crippen LogP contribution is -2.24. The van der Waals surface area contributed by atoms with Gasteiger partial charge in [-0.3, -0.25) is 4.79 Å². The molecule has 0 atom stereocenters. The molecular weight excluding hydrogens is 362 g/mol. The van der Waals surface area contributed by atoms with Gasteiger partial charge in [-0.1, -0.05) is 18.2 Å². The summed E-state index contributed by atoms with van der Waals surface area (Å²) in [6.07, 6.45) is 0.104. The zero-order valence-corrected chi connectivity index (χ0v) is 14.7. The summed E-state index contributed by atoms with van der Waals surface area (Å²) in [6, 6.07) is 9.92. The highest BCUT2D eigenvalue weighted by atomic mass is 32.1. The van der Waals surface area contributed by atoms with Crippen LogP contribution in [0.5, 0.6) is 5.75 Å². The number of benzene rings is 1. The first-order valence-corrected chi connectivity index (χ1v) is 8.70. The Labute approximate surface area is 152 Å². The van der Waals surface area contributed by atoms with E-state index in [0.29, 0.717) is 17.3 Å². The number of aromatic nitrogens is 1. The second kappa shape index (κ2) is 8.09. The average molecular weight is 378 g/mol. The van der Waals surface area contributed by atoms with Crippen molar-refractivity contribution in [1.82, 2.24) is 10.3 Å². The van der Waals surface area contributed by atoms with Gasteiger partial charge in [0.25, 0.3) is 0 Å². The predicted molar refractivity (Wildman–Crippen MR) is 93.2 cm³/mol. The van der Waals surface area contributed by atoms with Crippen LogP contribution in [0, 0.1) is 6.92 Å². The summed E-state index contributed by atoms with van der Waals surface area (Å²) < 4.78 is 34.1. The third-order valence-corrected chi connectivity index (χ3v) is 4.45. The molecule has 3 aromatic rings. The lowest BCUT2D eigenvalue weighted by Gasteiger charge is -2.07. The van der Waals surface area contributed by atoms with Crippen LogP contribution >= 0.6 is 11.3 Å². The minimum absolute atomic E-state index is 0.0782. The number of amides is 1. The van der Waals surface area contributed by atoms with Crippen molar-refractivity contribution in [3.05, 3.63) is 58.8 Å². The van der Waals surface area contributed by atoms with Gasteiger partial charge in [0.05, 0.1) is 17.0 Å².